The summed E-state index contributed by atoms with van der Waals surface area (Å²) in [6.07, 6.45) is 1.62. The summed E-state index contributed by atoms with van der Waals surface area (Å²) >= 11 is 4.05. The topological polar surface area (TPSA) is 107 Å². The molecule has 0 radical (unpaired) electrons. The number of thioether (sulfide) groups is 1. The highest BCUT2D eigenvalue weighted by Gasteiger charge is 2.35. The van der Waals surface area contributed by atoms with E-state index in [9.17, 15) is 14.9 Å². The number of thiophene rings is 1. The molecule has 0 bridgehead atoms. The molecule has 4 rings (SSSR count). The Kier molecular flexibility index (Phi) is 7.24. The molecule has 0 aliphatic carbocycles. The number of aromatic nitrogens is 1. The van der Waals surface area contributed by atoms with Crippen LogP contribution in [0.25, 0.3) is 0 Å². The van der Waals surface area contributed by atoms with Crippen molar-refractivity contribution < 1.29 is 9.59 Å². The van der Waals surface area contributed by atoms with Crippen LogP contribution in [0.15, 0.2) is 81.3 Å². The van der Waals surface area contributed by atoms with Gasteiger partial charge in [-0.2, -0.15) is 5.26 Å². The number of rotatable bonds is 7. The van der Waals surface area contributed by atoms with Crippen molar-refractivity contribution in [1.29, 1.82) is 5.26 Å². The van der Waals surface area contributed by atoms with Crippen LogP contribution in [0.4, 0.5) is 10.8 Å². The maximum Gasteiger partial charge on any atom is 0.254 e. The number of hydrogen-bond acceptors (Lipinski definition) is 8. The molecule has 3 N–H and O–H groups in total. The molecule has 0 unspecified atom stereocenters. The average Bonchev–Trinajstić information content (AvgIpc) is 3.52. The first-order valence-electron chi connectivity index (χ1n) is 9.91. The maximum atomic E-state index is 13.3. The monoisotopic (exact) mass is 493 g/mol. The zero-order chi connectivity index (χ0) is 23.2. The number of anilines is 2. The number of dihydropyridines is 1. The quantitative estimate of drug-likeness (QED) is 0.432. The van der Waals surface area contributed by atoms with Crippen molar-refractivity contribution in [3.05, 3.63) is 86.2 Å². The zero-order valence-corrected chi connectivity index (χ0v) is 19.9. The first-order valence-corrected chi connectivity index (χ1v) is 12.6. The molecule has 166 valence electrons. The Labute approximate surface area is 203 Å². The van der Waals surface area contributed by atoms with Crippen LogP contribution in [0.3, 0.4) is 0 Å². The van der Waals surface area contributed by atoms with E-state index in [0.717, 1.165) is 4.88 Å². The highest BCUT2D eigenvalue weighted by molar-refractivity contribution is 8.03. The Morgan fingerprint density at radius 3 is 2.64 bits per heavy atom. The van der Waals surface area contributed by atoms with Crippen LogP contribution in [0.2, 0.25) is 0 Å². The first kappa shape index (κ1) is 22.8. The van der Waals surface area contributed by atoms with Crippen molar-refractivity contribution >= 4 is 57.1 Å². The number of allylic oxidation sites excluding steroid dienone is 2. The summed E-state index contributed by atoms with van der Waals surface area (Å²) < 4.78 is 0. The van der Waals surface area contributed by atoms with Crippen molar-refractivity contribution in [2.24, 2.45) is 0 Å². The normalized spacial score (nSPS) is 15.6. The molecule has 0 spiro atoms. The Bertz CT molecular complexity index is 1240. The number of para-hydroxylation sites is 1. The van der Waals surface area contributed by atoms with Crippen molar-refractivity contribution in [2.45, 2.75) is 12.8 Å². The van der Waals surface area contributed by atoms with Gasteiger partial charge in [-0.3, -0.25) is 9.59 Å². The van der Waals surface area contributed by atoms with E-state index >= 15 is 0 Å². The third-order valence-corrected chi connectivity index (χ3v) is 7.42. The molecule has 1 aliphatic rings. The van der Waals surface area contributed by atoms with Gasteiger partial charge in [-0.05, 0) is 30.5 Å². The summed E-state index contributed by atoms with van der Waals surface area (Å²) in [4.78, 5) is 30.6. The van der Waals surface area contributed by atoms with E-state index in [1.54, 1.807) is 11.6 Å². The number of amides is 2. The number of nitrogens with one attached hydrogen (secondary N) is 3. The van der Waals surface area contributed by atoms with Gasteiger partial charge in [0, 0.05) is 33.4 Å². The van der Waals surface area contributed by atoms with Gasteiger partial charge in [0.05, 0.1) is 28.3 Å². The maximum absolute atomic E-state index is 13.3. The predicted octanol–water partition coefficient (Wildman–Crippen LogP) is 4.91. The Hall–Kier alpha value is -3.39. The van der Waals surface area contributed by atoms with Gasteiger partial charge in [-0.15, -0.1) is 22.7 Å². The van der Waals surface area contributed by atoms with Crippen molar-refractivity contribution in [1.82, 2.24) is 10.3 Å². The molecule has 7 nitrogen and oxygen atoms in total. The largest absolute Gasteiger partial charge is 0.353 e. The van der Waals surface area contributed by atoms with Crippen LogP contribution < -0.4 is 16.0 Å². The van der Waals surface area contributed by atoms with E-state index in [0.29, 0.717) is 32.7 Å². The lowest BCUT2D eigenvalue weighted by atomic mass is 9.86. The van der Waals surface area contributed by atoms with Crippen LogP contribution in [-0.2, 0) is 9.59 Å². The molecule has 3 heterocycles. The van der Waals surface area contributed by atoms with E-state index in [1.165, 1.54) is 34.4 Å². The minimum absolute atomic E-state index is 0.100. The molecule has 2 amide bonds. The SMILES string of the molecule is CC1=C(C(=O)Nc2ccccc2)[C@H](c2cccs2)C(C#N)=C(SCC(=O)Nc2nccs2)N1. The first-order chi connectivity index (χ1) is 16.1. The number of carbonyl (C=O) groups excluding carboxylic acids is 2. The number of carbonyl (C=O) groups is 2. The van der Waals surface area contributed by atoms with Gasteiger partial charge in [0.15, 0.2) is 5.13 Å². The van der Waals surface area contributed by atoms with Crippen molar-refractivity contribution in [3.63, 3.8) is 0 Å². The number of thiazole rings is 1. The average molecular weight is 494 g/mol. The van der Waals surface area contributed by atoms with E-state index < -0.39 is 5.92 Å². The highest BCUT2D eigenvalue weighted by Crippen LogP contribution is 2.42. The molecule has 1 aliphatic heterocycles. The fourth-order valence-electron chi connectivity index (χ4n) is 3.37. The fraction of sp³-hybridized carbons (Fsp3) is 0.130. The molecule has 33 heavy (non-hydrogen) atoms. The Morgan fingerprint density at radius 2 is 1.97 bits per heavy atom. The van der Waals surface area contributed by atoms with Crippen LogP contribution in [0, 0.1) is 11.3 Å². The van der Waals surface area contributed by atoms with Gasteiger partial charge in [-0.25, -0.2) is 4.98 Å². The molecule has 2 aromatic heterocycles. The summed E-state index contributed by atoms with van der Waals surface area (Å²) in [5.41, 5.74) is 2.21. The molecule has 0 saturated heterocycles. The van der Waals surface area contributed by atoms with E-state index in [2.05, 4.69) is 27.0 Å². The Balaban J connectivity index is 1.60. The lowest BCUT2D eigenvalue weighted by molar-refractivity contribution is -0.114. The van der Waals surface area contributed by atoms with Gasteiger partial charge in [0.2, 0.25) is 5.91 Å². The lowest BCUT2D eigenvalue weighted by Crippen LogP contribution is -2.30. The highest BCUT2D eigenvalue weighted by atomic mass is 32.2. The standard InChI is InChI=1S/C23H19N5O2S3/c1-14-19(21(30)27-15-6-3-2-4-7-15)20(17-8-5-10-31-17)16(12-24)22(26-14)33-13-18(29)28-23-25-9-11-32-23/h2-11,20,26H,13H2,1H3,(H,27,30)(H,25,28,29)/t20-/m0/s1. The second kappa shape index (κ2) is 10.5. The van der Waals surface area contributed by atoms with Gasteiger partial charge in [-0.1, -0.05) is 36.0 Å². The van der Waals surface area contributed by atoms with Crippen LogP contribution in [0.1, 0.15) is 17.7 Å². The van der Waals surface area contributed by atoms with Crippen LogP contribution in [-0.4, -0.2) is 22.6 Å². The molecular weight excluding hydrogens is 474 g/mol. The lowest BCUT2D eigenvalue weighted by Gasteiger charge is -2.29. The molecular formula is C23H19N5O2S3. The van der Waals surface area contributed by atoms with Crippen molar-refractivity contribution in [3.8, 4) is 6.07 Å². The molecule has 0 fully saturated rings. The minimum atomic E-state index is -0.524. The predicted molar refractivity (Wildman–Crippen MR) is 134 cm³/mol. The van der Waals surface area contributed by atoms with Crippen LogP contribution >= 0.6 is 34.4 Å². The molecule has 1 aromatic carbocycles. The zero-order valence-electron chi connectivity index (χ0n) is 17.5. The second-order valence-electron chi connectivity index (χ2n) is 6.96. The van der Waals surface area contributed by atoms with E-state index in [4.69, 9.17) is 0 Å². The number of hydrogen-bond donors (Lipinski definition) is 3. The molecule has 3 aromatic rings. The fourth-order valence-corrected chi connectivity index (χ4v) is 5.65. The summed E-state index contributed by atoms with van der Waals surface area (Å²) in [6, 6.07) is 15.3. The summed E-state index contributed by atoms with van der Waals surface area (Å²) in [5, 5.41) is 23.7. The van der Waals surface area contributed by atoms with Gasteiger partial charge < -0.3 is 16.0 Å². The number of nitriles is 1. The summed E-state index contributed by atoms with van der Waals surface area (Å²) in [6.45, 7) is 1.81. The number of benzene rings is 1. The molecule has 0 saturated carbocycles. The molecule has 10 heteroatoms. The molecule has 1 atom stereocenters. The van der Waals surface area contributed by atoms with Crippen molar-refractivity contribution in [2.75, 3.05) is 16.4 Å². The second-order valence-corrected chi connectivity index (χ2v) is 9.82. The van der Waals surface area contributed by atoms with Gasteiger partial charge in [0.25, 0.3) is 5.91 Å². The smallest absolute Gasteiger partial charge is 0.254 e. The van der Waals surface area contributed by atoms with Gasteiger partial charge >= 0.3 is 0 Å². The Morgan fingerprint density at radius 1 is 1.15 bits per heavy atom. The van der Waals surface area contributed by atoms with Crippen LogP contribution in [0.5, 0.6) is 0 Å². The number of nitrogens with zero attached hydrogens (tertiary/aromatic N) is 2. The third-order valence-electron chi connectivity index (χ3n) is 4.78. The third kappa shape index (κ3) is 5.34. The summed E-state index contributed by atoms with van der Waals surface area (Å²) in [7, 11) is 0. The van der Waals surface area contributed by atoms with E-state index in [-0.39, 0.29) is 17.6 Å². The minimum Gasteiger partial charge on any atom is -0.353 e. The van der Waals surface area contributed by atoms with E-state index in [1.807, 2.05) is 54.8 Å². The summed E-state index contributed by atoms with van der Waals surface area (Å²) in [5.74, 6) is -0.917. The van der Waals surface area contributed by atoms with Gasteiger partial charge in [0.1, 0.15) is 0 Å².